The van der Waals surface area contributed by atoms with Gasteiger partial charge in [-0.15, -0.1) is 0 Å². The van der Waals surface area contributed by atoms with E-state index >= 15 is 0 Å². The van der Waals surface area contributed by atoms with E-state index in [1.165, 1.54) is 0 Å². The van der Waals surface area contributed by atoms with Crippen molar-refractivity contribution in [3.8, 4) is 67.6 Å². The summed E-state index contributed by atoms with van der Waals surface area (Å²) in [6.07, 6.45) is 1.68. The number of nitrogens with zero attached hydrogens (tertiary/aromatic N) is 6. The molecule has 0 amide bonds. The monoisotopic (exact) mass is 1100 g/mol. The third-order valence-corrected chi connectivity index (χ3v) is 14.0. The number of aromatic nitrogens is 5. The van der Waals surface area contributed by atoms with Gasteiger partial charge in [0.1, 0.15) is 0 Å². The molecule has 0 spiro atoms. The molecular formula is C61H55BN6OPt. The molecule has 10 aromatic rings. The molecule has 348 valence electrons. The molecule has 0 radical (unpaired) electrons. The van der Waals surface area contributed by atoms with Crippen molar-refractivity contribution >= 4 is 29.5 Å². The van der Waals surface area contributed by atoms with Crippen molar-refractivity contribution in [2.75, 3.05) is 4.81 Å². The van der Waals surface area contributed by atoms with E-state index in [2.05, 4.69) is 94.3 Å². The first-order valence-electron chi connectivity index (χ1n) is 27.3. The Balaban J connectivity index is 1.09. The van der Waals surface area contributed by atoms with Crippen LogP contribution in [0.25, 0.3) is 67.2 Å². The number of rotatable bonds is 8. The summed E-state index contributed by atoms with van der Waals surface area (Å²) in [5.74, 6) is 1.44. The Kier molecular flexibility index (Phi) is 9.22. The van der Waals surface area contributed by atoms with Gasteiger partial charge < -0.3 is 0 Å². The van der Waals surface area contributed by atoms with Crippen molar-refractivity contribution in [3.63, 3.8) is 0 Å². The van der Waals surface area contributed by atoms with Crippen molar-refractivity contribution in [2.45, 2.75) is 66.0 Å². The minimum atomic E-state index is -2.54. The van der Waals surface area contributed by atoms with E-state index in [4.69, 9.17) is 23.0 Å². The number of hydrogen-bond donors (Lipinski definition) is 0. The summed E-state index contributed by atoms with van der Waals surface area (Å²) in [6, 6.07) is 47.5. The van der Waals surface area contributed by atoms with Gasteiger partial charge in [0.15, 0.2) is 0 Å². The molecule has 0 N–H and O–H groups in total. The molecule has 4 heterocycles. The minimum absolute atomic E-state index is 0.102. The second-order valence-corrected chi connectivity index (χ2v) is 20.9. The Bertz CT molecular complexity index is 4040. The van der Waals surface area contributed by atoms with Crippen molar-refractivity contribution in [1.82, 2.24) is 23.8 Å². The molecule has 0 saturated carbocycles. The van der Waals surface area contributed by atoms with Crippen LogP contribution in [0.4, 0.5) is 11.5 Å². The molecule has 0 aliphatic carbocycles. The molecule has 11 rings (SSSR count). The van der Waals surface area contributed by atoms with Gasteiger partial charge >= 0.3 is 360 Å². The van der Waals surface area contributed by atoms with Crippen LogP contribution in [0, 0.1) is 10.7 Å². The third-order valence-electron chi connectivity index (χ3n) is 13.0. The molecule has 3 aromatic heterocycles. The average molecular weight is 1100 g/mol. The maximum atomic E-state index is 9.29. The summed E-state index contributed by atoms with van der Waals surface area (Å²) < 4.78 is 85.0. The van der Waals surface area contributed by atoms with Gasteiger partial charge in [0.2, 0.25) is 0 Å². The quantitative estimate of drug-likeness (QED) is 0.142. The third kappa shape index (κ3) is 8.18. The summed E-state index contributed by atoms with van der Waals surface area (Å²) in [6.45, 7) is 11.3. The Morgan fingerprint density at radius 3 is 1.99 bits per heavy atom. The predicted octanol–water partition coefficient (Wildman–Crippen LogP) is 15.6. The molecule has 9 heteroatoms. The van der Waals surface area contributed by atoms with Crippen LogP contribution in [0.15, 0.2) is 188 Å². The summed E-state index contributed by atoms with van der Waals surface area (Å²) in [4.78, 5) is 6.45. The van der Waals surface area contributed by atoms with E-state index in [9.17, 15) is 2.74 Å². The van der Waals surface area contributed by atoms with E-state index in [-0.39, 0.29) is 28.5 Å². The van der Waals surface area contributed by atoms with Crippen LogP contribution in [0.3, 0.4) is 0 Å². The predicted molar refractivity (Wildman–Crippen MR) is 285 cm³/mol. The van der Waals surface area contributed by atoms with Crippen LogP contribution in [0.1, 0.15) is 69.2 Å². The molecule has 0 saturated heterocycles. The number of anilines is 2. The van der Waals surface area contributed by atoms with Crippen molar-refractivity contribution in [2.24, 2.45) is 0 Å². The van der Waals surface area contributed by atoms with Crippen LogP contribution in [-0.2, 0) is 30.2 Å². The average Bonchev–Trinajstić information content (AvgIpc) is 4.11. The van der Waals surface area contributed by atoms with Gasteiger partial charge in [0, 0.05) is 15.9 Å². The van der Waals surface area contributed by atoms with Gasteiger partial charge in [-0.2, -0.15) is 5.10 Å². The van der Waals surface area contributed by atoms with Gasteiger partial charge in [-0.25, -0.2) is 0 Å². The fourth-order valence-corrected chi connectivity index (χ4v) is 10.4. The van der Waals surface area contributed by atoms with E-state index in [0.717, 1.165) is 59.5 Å². The van der Waals surface area contributed by atoms with Crippen LogP contribution in [0.2, 0.25) is 6.75 Å². The van der Waals surface area contributed by atoms with Crippen LogP contribution >= 0.6 is 0 Å². The normalized spacial score (nSPS) is 14.4. The molecule has 0 unspecified atom stereocenters. The molecule has 0 fully saturated rings. The molecule has 70 heavy (non-hydrogen) atoms. The summed E-state index contributed by atoms with van der Waals surface area (Å²) in [5.41, 5.74) is 11.7. The Labute approximate surface area is 433 Å². The first kappa shape index (κ1) is 36.7. The molecule has 0 atom stereocenters. The first-order valence-corrected chi connectivity index (χ1v) is 24.5. The zero-order valence-corrected chi connectivity index (χ0v) is 42.3. The molecule has 1 aliphatic heterocycles. The van der Waals surface area contributed by atoms with Gasteiger partial charge in [-0.3, -0.25) is 0 Å². The molecule has 1 aliphatic rings. The van der Waals surface area contributed by atoms with Gasteiger partial charge in [0.05, 0.1) is 5.69 Å². The number of fused-ring (bicyclic) bond motifs is 4. The second kappa shape index (κ2) is 17.6. The van der Waals surface area contributed by atoms with E-state index in [1.807, 2.05) is 134 Å². The molecule has 7 nitrogen and oxygen atoms in total. The van der Waals surface area contributed by atoms with Crippen LogP contribution in [-0.4, -0.2) is 30.8 Å². The van der Waals surface area contributed by atoms with Crippen molar-refractivity contribution in [3.05, 3.63) is 209 Å². The SMILES string of the molecule is [2H]c1c([2H])c([2H])c(-c2cccc(-c3cc(C(C)(C)C)cc(C(C)(C)C)c3)c2-n2[c](=[Pt])n(-c3cccc(Oc4ccc5c(c4)N(c4cc(C)ccn4)B(C([2H])([2H])[2H])n4nc(-c6ccccc6)cc4-5)c3)c3ccccc32)c([2H])c1[2H]. The standard InChI is InChI=1S/C61H55BN6O.Pt/c1-41-31-32-63-58(33-41)67-56-38-49(29-30-52(56)57-39-53(64-68(57)62(67)8)43-21-13-10-14-22-43)69-48-24-17-23-47(37-48)65-40-66(55-28-16-15-27-54(55)65)59-50(42-19-11-9-12-20-42)25-18-26-51(59)44-34-45(60(2,3)4)36-46(35-44)61(5,6)7;/h9-39H,1-8H3;/i8D3,9D,11D,12D,19D,20D;. The number of aryl methyl sites for hydroxylation is 1. The topological polar surface area (TPSA) is 53.0 Å². The van der Waals surface area contributed by atoms with Crippen molar-refractivity contribution < 1.29 is 35.1 Å². The summed E-state index contributed by atoms with van der Waals surface area (Å²) in [5, 5.41) is 4.94. The summed E-state index contributed by atoms with van der Waals surface area (Å²) in [7, 11) is 0. The summed E-state index contributed by atoms with van der Waals surface area (Å²) >= 11 is 2.33. The van der Waals surface area contributed by atoms with E-state index in [1.54, 1.807) is 15.6 Å². The van der Waals surface area contributed by atoms with Crippen molar-refractivity contribution in [1.29, 1.82) is 0 Å². The van der Waals surface area contributed by atoms with E-state index < -0.39 is 31.9 Å². The fourth-order valence-electron chi connectivity index (χ4n) is 9.31. The van der Waals surface area contributed by atoms with Crippen LogP contribution in [0.5, 0.6) is 11.5 Å². The van der Waals surface area contributed by atoms with E-state index in [0.29, 0.717) is 45.6 Å². The number of pyridine rings is 1. The zero-order chi connectivity index (χ0) is 55.3. The molecule has 0 bridgehead atoms. The number of ether oxygens (including phenoxy) is 1. The first-order chi connectivity index (χ1) is 37.0. The Morgan fingerprint density at radius 2 is 1.29 bits per heavy atom. The van der Waals surface area contributed by atoms with Gasteiger partial charge in [-0.05, 0) is 18.6 Å². The molecular weight excluding hydrogens is 1040 g/mol. The number of imidazole rings is 1. The Morgan fingerprint density at radius 1 is 0.614 bits per heavy atom. The zero-order valence-electron chi connectivity index (χ0n) is 48.0. The number of hydrogen-bond acceptors (Lipinski definition) is 4. The second-order valence-electron chi connectivity index (χ2n) is 19.8. The van der Waals surface area contributed by atoms with Gasteiger partial charge in [0.25, 0.3) is 0 Å². The van der Waals surface area contributed by atoms with Gasteiger partial charge in [-0.1, -0.05) is 30.3 Å². The maximum absolute atomic E-state index is 9.29. The Hall–Kier alpha value is -7.28. The fraction of sp³-hybridized carbons (Fsp3) is 0.164. The molecule has 7 aromatic carbocycles. The number of para-hydroxylation sites is 3. The van der Waals surface area contributed by atoms with Crippen LogP contribution < -0.4 is 9.55 Å². The number of benzene rings is 7.